The highest BCUT2D eigenvalue weighted by atomic mass is 79.9. The van der Waals surface area contributed by atoms with Gasteiger partial charge in [-0.25, -0.2) is 0 Å². The number of allylic oxidation sites excluding steroid dienone is 10. The molecule has 0 N–H and O–H groups in total. The number of carbonyl (C=O) groups excluding carboxylic acids is 2. The van der Waals surface area contributed by atoms with Crippen molar-refractivity contribution >= 4 is 75.3 Å². The number of hydrogen-bond donors (Lipinski definition) is 0. The Hall–Kier alpha value is -0.0400. The largest absolute Gasteiger partial charge is 0.287 e. The number of halogens is 4. The van der Waals surface area contributed by atoms with E-state index in [1.54, 1.807) is 24.3 Å². The second-order valence-electron chi connectivity index (χ2n) is 3.54. The molecule has 2 nitrogen and oxygen atoms in total. The van der Waals surface area contributed by atoms with E-state index in [0.29, 0.717) is 17.9 Å². The first-order valence-corrected chi connectivity index (χ1v) is 7.90. The average molecular weight is 500 g/mol. The molecular formula is C12H4Br4O2. The predicted octanol–water partition coefficient (Wildman–Crippen LogP) is 4.56. The van der Waals surface area contributed by atoms with E-state index in [0.717, 1.165) is 11.1 Å². The van der Waals surface area contributed by atoms with Gasteiger partial charge in [-0.1, -0.05) is 0 Å². The van der Waals surface area contributed by atoms with Gasteiger partial charge < -0.3 is 0 Å². The van der Waals surface area contributed by atoms with Crippen molar-refractivity contribution in [2.75, 3.05) is 0 Å². The molecule has 0 aliphatic heterocycles. The Morgan fingerprint density at radius 3 is 1.00 bits per heavy atom. The lowest BCUT2D eigenvalue weighted by Gasteiger charge is -2.13. The summed E-state index contributed by atoms with van der Waals surface area (Å²) in [7, 11) is 0. The summed E-state index contributed by atoms with van der Waals surface area (Å²) in [6.07, 6.45) is 6.91. The molecule has 0 amide bonds. The highest BCUT2D eigenvalue weighted by Gasteiger charge is 2.20. The van der Waals surface area contributed by atoms with Crippen molar-refractivity contribution in [3.63, 3.8) is 0 Å². The van der Waals surface area contributed by atoms with Crippen molar-refractivity contribution < 1.29 is 9.59 Å². The first kappa shape index (κ1) is 14.4. The molecule has 0 spiro atoms. The fraction of sp³-hybridized carbons (Fsp3) is 0. The van der Waals surface area contributed by atoms with E-state index in [1.807, 2.05) is 0 Å². The highest BCUT2D eigenvalue weighted by Crippen LogP contribution is 2.33. The van der Waals surface area contributed by atoms with Crippen LogP contribution in [0.1, 0.15) is 0 Å². The van der Waals surface area contributed by atoms with Gasteiger partial charge in [-0.3, -0.25) is 9.59 Å². The zero-order valence-electron chi connectivity index (χ0n) is 8.64. The standard InChI is InChI=1S/C12H4Br4O2/c13-7-1-5(2-8(14)11(7)17)6-3-9(15)12(18)10(16)4-6/h1-4H. The zero-order chi connectivity index (χ0) is 13.4. The van der Waals surface area contributed by atoms with Gasteiger partial charge in [-0.15, -0.1) is 0 Å². The average Bonchev–Trinajstić information content (AvgIpc) is 2.31. The fourth-order valence-corrected chi connectivity index (χ4v) is 3.83. The first-order chi connectivity index (χ1) is 8.40. The minimum atomic E-state index is -0.0997. The molecule has 0 heterocycles. The van der Waals surface area contributed by atoms with Gasteiger partial charge in [0.2, 0.25) is 11.6 Å². The topological polar surface area (TPSA) is 34.1 Å². The van der Waals surface area contributed by atoms with Crippen LogP contribution in [-0.2, 0) is 9.59 Å². The van der Waals surface area contributed by atoms with Gasteiger partial charge in [-0.05, 0) is 99.2 Å². The molecule has 2 aliphatic rings. The molecule has 18 heavy (non-hydrogen) atoms. The summed E-state index contributed by atoms with van der Waals surface area (Å²) in [6, 6.07) is 0. The lowest BCUT2D eigenvalue weighted by atomic mass is 9.99. The Balaban J connectivity index is 2.58. The van der Waals surface area contributed by atoms with Crippen molar-refractivity contribution in [3.05, 3.63) is 53.4 Å². The number of hydrogen-bond acceptors (Lipinski definition) is 2. The number of ketones is 2. The lowest BCUT2D eigenvalue weighted by molar-refractivity contribution is -0.111. The molecule has 0 aromatic carbocycles. The third-order valence-electron chi connectivity index (χ3n) is 2.33. The van der Waals surface area contributed by atoms with Crippen LogP contribution in [0.2, 0.25) is 0 Å². The highest BCUT2D eigenvalue weighted by molar-refractivity contribution is 9.13. The number of rotatable bonds is 0. The lowest BCUT2D eigenvalue weighted by Crippen LogP contribution is -2.06. The van der Waals surface area contributed by atoms with E-state index >= 15 is 0 Å². The second-order valence-corrected chi connectivity index (χ2v) is 6.96. The summed E-state index contributed by atoms with van der Waals surface area (Å²) in [5.41, 5.74) is 1.68. The fourth-order valence-electron chi connectivity index (χ4n) is 1.45. The van der Waals surface area contributed by atoms with Gasteiger partial charge in [0.15, 0.2) is 0 Å². The molecule has 6 heteroatoms. The minimum absolute atomic E-state index is 0.0997. The van der Waals surface area contributed by atoms with E-state index in [-0.39, 0.29) is 11.6 Å². The SMILES string of the molecule is O=C1C(Br)=CC(=C2C=C(Br)C(=O)C(Br)=C2)C=C1Br. The number of carbonyl (C=O) groups is 2. The van der Waals surface area contributed by atoms with Crippen LogP contribution in [-0.4, -0.2) is 11.6 Å². The van der Waals surface area contributed by atoms with Crippen LogP contribution in [0.3, 0.4) is 0 Å². The molecular weight excluding hydrogens is 496 g/mol. The molecule has 0 atom stereocenters. The van der Waals surface area contributed by atoms with E-state index in [1.165, 1.54) is 0 Å². The molecule has 0 unspecified atom stereocenters. The Labute approximate surface area is 137 Å². The summed E-state index contributed by atoms with van der Waals surface area (Å²) >= 11 is 12.9. The summed E-state index contributed by atoms with van der Waals surface area (Å²) in [6.45, 7) is 0. The van der Waals surface area contributed by atoms with Crippen molar-refractivity contribution in [2.45, 2.75) is 0 Å². The second kappa shape index (κ2) is 5.53. The van der Waals surface area contributed by atoms with Crippen molar-refractivity contribution in [1.29, 1.82) is 0 Å². The molecule has 0 aromatic rings. The molecule has 0 radical (unpaired) electrons. The van der Waals surface area contributed by atoms with Gasteiger partial charge in [0.05, 0.1) is 17.9 Å². The molecule has 0 fully saturated rings. The Morgan fingerprint density at radius 2 is 0.778 bits per heavy atom. The molecule has 0 aromatic heterocycles. The predicted molar refractivity (Wildman–Crippen MR) is 85.1 cm³/mol. The van der Waals surface area contributed by atoms with Gasteiger partial charge >= 0.3 is 0 Å². The van der Waals surface area contributed by atoms with Crippen LogP contribution >= 0.6 is 63.7 Å². The van der Waals surface area contributed by atoms with Crippen LogP contribution in [0.4, 0.5) is 0 Å². The quantitative estimate of drug-likeness (QED) is 0.490. The molecule has 0 bridgehead atoms. The Kier molecular flexibility index (Phi) is 4.41. The maximum Gasteiger partial charge on any atom is 0.206 e. The summed E-state index contributed by atoms with van der Waals surface area (Å²) in [4.78, 5) is 23.2. The van der Waals surface area contributed by atoms with Gasteiger partial charge in [0, 0.05) is 0 Å². The van der Waals surface area contributed by atoms with Crippen molar-refractivity contribution in [1.82, 2.24) is 0 Å². The van der Waals surface area contributed by atoms with Crippen LogP contribution in [0.15, 0.2) is 53.4 Å². The first-order valence-electron chi connectivity index (χ1n) is 4.72. The molecule has 0 saturated heterocycles. The normalized spacial score (nSPS) is 20.4. The monoisotopic (exact) mass is 496 g/mol. The maximum atomic E-state index is 11.6. The minimum Gasteiger partial charge on any atom is -0.287 e. The zero-order valence-corrected chi connectivity index (χ0v) is 15.0. The van der Waals surface area contributed by atoms with Crippen molar-refractivity contribution in [3.8, 4) is 0 Å². The third-order valence-corrected chi connectivity index (χ3v) is 4.69. The van der Waals surface area contributed by atoms with Gasteiger partial charge in [0.25, 0.3) is 0 Å². The van der Waals surface area contributed by atoms with E-state index in [9.17, 15) is 9.59 Å². The van der Waals surface area contributed by atoms with Gasteiger partial charge in [0.1, 0.15) is 0 Å². The van der Waals surface area contributed by atoms with E-state index in [4.69, 9.17) is 0 Å². The molecule has 2 aliphatic carbocycles. The summed E-state index contributed by atoms with van der Waals surface area (Å²) in [5, 5.41) is 0. The maximum absolute atomic E-state index is 11.6. The van der Waals surface area contributed by atoms with E-state index in [2.05, 4.69) is 63.7 Å². The van der Waals surface area contributed by atoms with Crippen LogP contribution in [0, 0.1) is 0 Å². The van der Waals surface area contributed by atoms with Crippen LogP contribution < -0.4 is 0 Å². The molecule has 2 rings (SSSR count). The number of Topliss-reactive ketones (excluding diaryl/α,β-unsaturated/α-hetero) is 2. The smallest absolute Gasteiger partial charge is 0.206 e. The molecule has 0 saturated carbocycles. The third kappa shape index (κ3) is 2.76. The summed E-state index contributed by atoms with van der Waals surface area (Å²) < 4.78 is 1.91. The van der Waals surface area contributed by atoms with E-state index < -0.39 is 0 Å². The van der Waals surface area contributed by atoms with Gasteiger partial charge in [-0.2, -0.15) is 0 Å². The summed E-state index contributed by atoms with van der Waals surface area (Å²) in [5.74, 6) is -0.199. The van der Waals surface area contributed by atoms with Crippen LogP contribution in [0.25, 0.3) is 0 Å². The van der Waals surface area contributed by atoms with Crippen LogP contribution in [0.5, 0.6) is 0 Å². The Morgan fingerprint density at radius 1 is 0.556 bits per heavy atom. The molecule has 92 valence electrons. The Bertz CT molecular complexity index is 516. The van der Waals surface area contributed by atoms with Crippen molar-refractivity contribution in [2.24, 2.45) is 0 Å².